The first-order valence-corrected chi connectivity index (χ1v) is 10.1. The molecule has 168 valence electrons. The average molecular weight is 478 g/mol. The first-order chi connectivity index (χ1) is 14.6. The Morgan fingerprint density at radius 1 is 1.32 bits per heavy atom. The van der Waals surface area contributed by atoms with E-state index in [4.69, 9.17) is 23.2 Å². The molecule has 1 aromatic heterocycles. The van der Waals surface area contributed by atoms with Crippen LogP contribution < -0.4 is 10.6 Å². The molecule has 2 heterocycles. The number of carbonyl (C=O) groups excluding carboxylic acids is 1. The van der Waals surface area contributed by atoms with Crippen molar-refractivity contribution in [2.24, 2.45) is 0 Å². The van der Waals surface area contributed by atoms with Gasteiger partial charge in [-0.2, -0.15) is 13.2 Å². The number of aliphatic hydroxyl groups is 1. The summed E-state index contributed by atoms with van der Waals surface area (Å²) in [5.74, 6) is -0.158. The number of amides is 2. The lowest BCUT2D eigenvalue weighted by Gasteiger charge is -2.30. The van der Waals surface area contributed by atoms with Crippen LogP contribution in [0.4, 0.5) is 23.9 Å². The van der Waals surface area contributed by atoms with Crippen LogP contribution in [-0.4, -0.2) is 51.4 Å². The molecule has 0 radical (unpaired) electrons. The van der Waals surface area contributed by atoms with Crippen LogP contribution in [-0.2, 0) is 13.0 Å². The summed E-state index contributed by atoms with van der Waals surface area (Å²) in [4.78, 5) is 22.3. The lowest BCUT2D eigenvalue weighted by atomic mass is 10.1. The van der Waals surface area contributed by atoms with Crippen LogP contribution in [0, 0.1) is 0 Å². The third-order valence-corrected chi connectivity index (χ3v) is 5.64. The summed E-state index contributed by atoms with van der Waals surface area (Å²) in [6, 6.07) is 1.80. The Morgan fingerprint density at radius 3 is 2.71 bits per heavy atom. The van der Waals surface area contributed by atoms with Crippen molar-refractivity contribution < 1.29 is 23.1 Å². The number of carbonyl (C=O) groups is 1. The van der Waals surface area contributed by atoms with Crippen LogP contribution in [0.3, 0.4) is 0 Å². The van der Waals surface area contributed by atoms with Gasteiger partial charge in [-0.1, -0.05) is 29.3 Å². The minimum Gasteiger partial charge on any atom is -0.394 e. The molecule has 2 aromatic rings. The number of aromatic nitrogens is 2. The van der Waals surface area contributed by atoms with Crippen LogP contribution >= 0.6 is 23.2 Å². The molecular formula is C19H20Cl2F3N5O2. The summed E-state index contributed by atoms with van der Waals surface area (Å²) in [6.45, 7) is 1.08. The van der Waals surface area contributed by atoms with Crippen LogP contribution in [0.15, 0.2) is 24.4 Å². The van der Waals surface area contributed by atoms with E-state index in [1.807, 2.05) is 0 Å². The van der Waals surface area contributed by atoms with Crippen LogP contribution in [0.5, 0.6) is 0 Å². The minimum atomic E-state index is -4.44. The highest BCUT2D eigenvalue weighted by atomic mass is 35.5. The fourth-order valence-electron chi connectivity index (χ4n) is 3.03. The highest BCUT2D eigenvalue weighted by molar-refractivity contribution is 6.42. The van der Waals surface area contributed by atoms with Gasteiger partial charge in [-0.25, -0.2) is 14.8 Å². The number of urea groups is 1. The predicted molar refractivity (Wildman–Crippen MR) is 110 cm³/mol. The van der Waals surface area contributed by atoms with Crippen LogP contribution in [0.25, 0.3) is 0 Å². The maximum atomic E-state index is 12.8. The molecule has 0 fully saturated rings. The van der Waals surface area contributed by atoms with Gasteiger partial charge < -0.3 is 20.6 Å². The second-order valence-corrected chi connectivity index (χ2v) is 7.92. The van der Waals surface area contributed by atoms with E-state index in [2.05, 4.69) is 20.6 Å². The summed E-state index contributed by atoms with van der Waals surface area (Å²) in [7, 11) is 0. The lowest BCUT2D eigenvalue weighted by Crippen LogP contribution is -2.45. The predicted octanol–water partition coefficient (Wildman–Crippen LogP) is 3.95. The fraction of sp³-hybridized carbons (Fsp3) is 0.421. The van der Waals surface area contributed by atoms with Crippen LogP contribution in [0.2, 0.25) is 10.0 Å². The number of anilines is 1. The van der Waals surface area contributed by atoms with Crippen molar-refractivity contribution in [3.63, 3.8) is 0 Å². The van der Waals surface area contributed by atoms with Gasteiger partial charge in [-0.3, -0.25) is 0 Å². The number of nitrogens with zero attached hydrogens (tertiary/aromatic N) is 3. The number of aliphatic hydroxyl groups excluding tert-OH is 1. The third kappa shape index (κ3) is 5.69. The van der Waals surface area contributed by atoms with Crippen molar-refractivity contribution in [1.82, 2.24) is 20.2 Å². The molecule has 31 heavy (non-hydrogen) atoms. The number of fused-ring (bicyclic) bond motifs is 1. The van der Waals surface area contributed by atoms with Crippen LogP contribution in [0.1, 0.15) is 29.8 Å². The number of hydrogen-bond donors (Lipinski definition) is 3. The Balaban J connectivity index is 1.69. The highest BCUT2D eigenvalue weighted by Crippen LogP contribution is 2.26. The van der Waals surface area contributed by atoms with Crippen molar-refractivity contribution in [2.75, 3.05) is 18.5 Å². The SMILES string of the molecule is C[C@H](Nc1ncc2c(n1)CN(C(=O)NC(CO)c1ccc(Cl)c(Cl)c1)CC2)C(F)(F)F. The van der Waals surface area contributed by atoms with Crippen molar-refractivity contribution in [3.05, 3.63) is 51.3 Å². The number of alkyl halides is 3. The molecule has 0 spiro atoms. The van der Waals surface area contributed by atoms with Gasteiger partial charge in [-0.05, 0) is 36.6 Å². The first-order valence-electron chi connectivity index (χ1n) is 9.37. The summed E-state index contributed by atoms with van der Waals surface area (Å²) in [5, 5.41) is 15.3. The van der Waals surface area contributed by atoms with E-state index in [1.165, 1.54) is 11.1 Å². The van der Waals surface area contributed by atoms with Gasteiger partial charge in [0.15, 0.2) is 0 Å². The Bertz CT molecular complexity index is 961. The third-order valence-electron chi connectivity index (χ3n) is 4.90. The van der Waals surface area contributed by atoms with Gasteiger partial charge in [0.2, 0.25) is 5.95 Å². The quantitative estimate of drug-likeness (QED) is 0.606. The number of hydrogen-bond acceptors (Lipinski definition) is 5. The number of nitrogens with one attached hydrogen (secondary N) is 2. The van der Waals surface area contributed by atoms with Gasteiger partial charge >= 0.3 is 12.2 Å². The smallest absolute Gasteiger partial charge is 0.394 e. The first kappa shape index (κ1) is 23.4. The Morgan fingerprint density at radius 2 is 2.06 bits per heavy atom. The molecule has 2 atom stereocenters. The summed E-state index contributed by atoms with van der Waals surface area (Å²) in [5.41, 5.74) is 1.80. The largest absolute Gasteiger partial charge is 0.408 e. The number of halogens is 5. The molecule has 1 aliphatic heterocycles. The second-order valence-electron chi connectivity index (χ2n) is 7.10. The molecule has 0 aliphatic carbocycles. The van der Waals surface area contributed by atoms with E-state index < -0.39 is 24.3 Å². The lowest BCUT2D eigenvalue weighted by molar-refractivity contribution is -0.138. The molecule has 1 aliphatic rings. The van der Waals surface area contributed by atoms with Crippen molar-refractivity contribution in [1.29, 1.82) is 0 Å². The van der Waals surface area contributed by atoms with Gasteiger partial charge in [0.1, 0.15) is 6.04 Å². The van der Waals surface area contributed by atoms with E-state index in [-0.39, 0.29) is 19.1 Å². The summed E-state index contributed by atoms with van der Waals surface area (Å²) < 4.78 is 38.3. The van der Waals surface area contributed by atoms with Crippen molar-refractivity contribution in [2.45, 2.75) is 38.1 Å². The van der Waals surface area contributed by atoms with E-state index >= 15 is 0 Å². The van der Waals surface area contributed by atoms with Gasteiger partial charge in [0.25, 0.3) is 0 Å². The fourth-order valence-corrected chi connectivity index (χ4v) is 3.33. The van der Waals surface area contributed by atoms with E-state index in [9.17, 15) is 23.1 Å². The number of rotatable bonds is 5. The molecule has 1 unspecified atom stereocenters. The molecule has 12 heteroatoms. The maximum absolute atomic E-state index is 12.8. The summed E-state index contributed by atoms with van der Waals surface area (Å²) in [6.07, 6.45) is -2.52. The standard InChI is InChI=1S/C19H20Cl2F3N5O2/c1-10(19(22,23)24)26-17-25-7-12-4-5-29(8-15(12)27-17)18(31)28-16(9-30)11-2-3-13(20)14(21)6-11/h2-3,6-7,10,16,30H,4-5,8-9H2,1H3,(H,28,31)(H,25,26,27)/t10-,16?/m0/s1. The maximum Gasteiger partial charge on any atom is 0.408 e. The molecule has 1 aromatic carbocycles. The molecular weight excluding hydrogens is 458 g/mol. The van der Waals surface area contributed by atoms with Crippen molar-refractivity contribution in [3.8, 4) is 0 Å². The van der Waals surface area contributed by atoms with E-state index in [1.54, 1.807) is 18.2 Å². The van der Waals surface area contributed by atoms with Gasteiger partial charge in [-0.15, -0.1) is 0 Å². The zero-order chi connectivity index (χ0) is 22.8. The molecule has 0 saturated heterocycles. The summed E-state index contributed by atoms with van der Waals surface area (Å²) >= 11 is 11.9. The Kier molecular flexibility index (Phi) is 7.13. The van der Waals surface area contributed by atoms with Crippen molar-refractivity contribution >= 4 is 35.2 Å². The molecule has 0 saturated carbocycles. The van der Waals surface area contributed by atoms with E-state index in [0.29, 0.717) is 34.3 Å². The Labute approximate surface area is 186 Å². The zero-order valence-corrected chi connectivity index (χ0v) is 17.9. The van der Waals surface area contributed by atoms with Gasteiger partial charge in [0, 0.05) is 12.7 Å². The topological polar surface area (TPSA) is 90.4 Å². The molecule has 7 nitrogen and oxygen atoms in total. The molecule has 0 bridgehead atoms. The normalized spacial score (nSPS) is 15.8. The average Bonchev–Trinajstić information content (AvgIpc) is 2.72. The number of benzene rings is 1. The second kappa shape index (κ2) is 9.46. The zero-order valence-electron chi connectivity index (χ0n) is 16.4. The monoisotopic (exact) mass is 477 g/mol. The van der Waals surface area contributed by atoms with E-state index in [0.717, 1.165) is 12.5 Å². The Hall–Kier alpha value is -2.30. The molecule has 3 N–H and O–H groups in total. The minimum absolute atomic E-state index is 0.0955. The van der Waals surface area contributed by atoms with Gasteiger partial charge in [0.05, 0.1) is 34.9 Å². The highest BCUT2D eigenvalue weighted by Gasteiger charge is 2.36. The molecule has 2 amide bonds. The molecule has 3 rings (SSSR count).